The van der Waals surface area contributed by atoms with Crippen molar-refractivity contribution in [3.05, 3.63) is 59.4 Å². The highest BCUT2D eigenvalue weighted by atomic mass is 16.2. The topological polar surface area (TPSA) is 36.4 Å². The van der Waals surface area contributed by atoms with E-state index in [2.05, 4.69) is 28.1 Å². The van der Waals surface area contributed by atoms with Crippen molar-refractivity contribution in [2.45, 2.75) is 32.2 Å². The largest absolute Gasteiger partial charge is 0.370 e. The summed E-state index contributed by atoms with van der Waals surface area (Å²) in [6.07, 6.45) is 8.27. The molecule has 24 heavy (non-hydrogen) atoms. The monoisotopic (exact) mass is 321 g/mol. The van der Waals surface area contributed by atoms with Crippen LogP contribution in [0.3, 0.4) is 0 Å². The fraction of sp³-hybridized carbons (Fsp3) is 0.400. The summed E-state index contributed by atoms with van der Waals surface area (Å²) in [6.45, 7) is 3.61. The first-order chi connectivity index (χ1) is 11.8. The lowest BCUT2D eigenvalue weighted by Crippen LogP contribution is -2.36. The van der Waals surface area contributed by atoms with Gasteiger partial charge < -0.3 is 9.80 Å². The predicted molar refractivity (Wildman–Crippen MR) is 95.2 cm³/mol. The fourth-order valence-electron chi connectivity index (χ4n) is 3.72. The van der Waals surface area contributed by atoms with E-state index in [-0.39, 0.29) is 5.91 Å². The molecule has 0 radical (unpaired) electrons. The molecule has 0 unspecified atom stereocenters. The van der Waals surface area contributed by atoms with Gasteiger partial charge in [0.1, 0.15) is 0 Å². The zero-order valence-electron chi connectivity index (χ0n) is 13.9. The van der Waals surface area contributed by atoms with Gasteiger partial charge in [0.05, 0.1) is 17.4 Å². The quantitative estimate of drug-likeness (QED) is 0.852. The third-order valence-corrected chi connectivity index (χ3v) is 5.11. The average molecular weight is 321 g/mol. The minimum Gasteiger partial charge on any atom is -0.370 e. The van der Waals surface area contributed by atoms with E-state index in [1.807, 2.05) is 23.2 Å². The number of fused-ring (bicyclic) bond motifs is 1. The van der Waals surface area contributed by atoms with Crippen LogP contribution in [0.4, 0.5) is 5.69 Å². The van der Waals surface area contributed by atoms with Crippen molar-refractivity contribution in [2.24, 2.45) is 0 Å². The zero-order valence-corrected chi connectivity index (χ0v) is 13.9. The molecule has 0 bridgehead atoms. The number of nitrogens with zero attached hydrogens (tertiary/aromatic N) is 3. The van der Waals surface area contributed by atoms with E-state index in [1.54, 1.807) is 6.20 Å². The first kappa shape index (κ1) is 15.2. The summed E-state index contributed by atoms with van der Waals surface area (Å²) in [5.74, 6) is 0.0934. The van der Waals surface area contributed by atoms with Gasteiger partial charge in [0.25, 0.3) is 5.91 Å². The van der Waals surface area contributed by atoms with E-state index in [0.717, 1.165) is 31.7 Å². The molecule has 3 heterocycles. The molecule has 124 valence electrons. The molecule has 1 aromatic heterocycles. The molecule has 2 aliphatic rings. The van der Waals surface area contributed by atoms with Gasteiger partial charge in [0.2, 0.25) is 0 Å². The summed E-state index contributed by atoms with van der Waals surface area (Å²) in [5, 5.41) is 0. The van der Waals surface area contributed by atoms with Crippen molar-refractivity contribution in [1.82, 2.24) is 9.88 Å². The van der Waals surface area contributed by atoms with Crippen molar-refractivity contribution in [2.75, 3.05) is 24.5 Å². The molecule has 0 N–H and O–H groups in total. The minimum atomic E-state index is 0.0934. The second-order valence-corrected chi connectivity index (χ2v) is 6.72. The number of benzene rings is 1. The van der Waals surface area contributed by atoms with Gasteiger partial charge in [-0.3, -0.25) is 9.78 Å². The molecule has 2 aliphatic heterocycles. The van der Waals surface area contributed by atoms with Crippen LogP contribution in [-0.4, -0.2) is 35.4 Å². The lowest BCUT2D eigenvalue weighted by Gasteiger charge is -2.30. The number of amides is 1. The number of rotatable bonds is 2. The number of pyridine rings is 1. The second-order valence-electron chi connectivity index (χ2n) is 6.72. The highest BCUT2D eigenvalue weighted by Gasteiger charge is 2.22. The number of carbonyl (C=O) groups excluding carboxylic acids is 1. The Kier molecular flexibility index (Phi) is 4.20. The highest BCUT2D eigenvalue weighted by Crippen LogP contribution is 2.23. The van der Waals surface area contributed by atoms with Gasteiger partial charge in [-0.1, -0.05) is 24.3 Å². The van der Waals surface area contributed by atoms with Gasteiger partial charge >= 0.3 is 0 Å². The molecule has 0 saturated carbocycles. The van der Waals surface area contributed by atoms with Gasteiger partial charge in [-0.15, -0.1) is 0 Å². The summed E-state index contributed by atoms with van der Waals surface area (Å²) < 4.78 is 0. The molecule has 4 heteroatoms. The summed E-state index contributed by atoms with van der Waals surface area (Å²) in [6, 6.07) is 10.4. The van der Waals surface area contributed by atoms with Crippen molar-refractivity contribution in [3.8, 4) is 0 Å². The van der Waals surface area contributed by atoms with Crippen LogP contribution in [-0.2, 0) is 13.0 Å². The lowest BCUT2D eigenvalue weighted by molar-refractivity contribution is 0.0734. The lowest BCUT2D eigenvalue weighted by atomic mass is 9.99. The highest BCUT2D eigenvalue weighted by molar-refractivity contribution is 5.95. The molecule has 1 aromatic carbocycles. The first-order valence-electron chi connectivity index (χ1n) is 8.87. The van der Waals surface area contributed by atoms with E-state index >= 15 is 0 Å². The molecule has 1 saturated heterocycles. The summed E-state index contributed by atoms with van der Waals surface area (Å²) >= 11 is 0. The molecule has 0 atom stereocenters. The molecule has 0 spiro atoms. The van der Waals surface area contributed by atoms with Crippen LogP contribution >= 0.6 is 0 Å². The van der Waals surface area contributed by atoms with Crippen molar-refractivity contribution < 1.29 is 4.79 Å². The standard InChI is InChI=1S/C20H23N3O/c24-20(23-11-8-16-6-2-3-7-17(16)15-23)18-12-19(14-21-13-18)22-9-4-1-5-10-22/h2-3,6-7,12-14H,1,4-5,8-11,15H2. The van der Waals surface area contributed by atoms with Gasteiger partial charge in [0, 0.05) is 32.4 Å². The van der Waals surface area contributed by atoms with Crippen molar-refractivity contribution >= 4 is 11.6 Å². The molecule has 1 fully saturated rings. The molecule has 4 rings (SSSR count). The Balaban J connectivity index is 1.52. The summed E-state index contributed by atoms with van der Waals surface area (Å²) in [7, 11) is 0. The Morgan fingerprint density at radius 3 is 2.58 bits per heavy atom. The molecule has 0 aliphatic carbocycles. The normalized spacial score (nSPS) is 17.5. The first-order valence-corrected chi connectivity index (χ1v) is 8.87. The van der Waals surface area contributed by atoms with Crippen LogP contribution in [0, 0.1) is 0 Å². The van der Waals surface area contributed by atoms with Crippen molar-refractivity contribution in [3.63, 3.8) is 0 Å². The fourth-order valence-corrected chi connectivity index (χ4v) is 3.72. The van der Waals surface area contributed by atoms with Crippen LogP contribution in [0.1, 0.15) is 40.7 Å². The number of aromatic nitrogens is 1. The third-order valence-electron chi connectivity index (χ3n) is 5.11. The Bertz CT molecular complexity index is 737. The van der Waals surface area contributed by atoms with Gasteiger partial charge in [0.15, 0.2) is 0 Å². The van der Waals surface area contributed by atoms with Gasteiger partial charge in [-0.2, -0.15) is 0 Å². The maximum Gasteiger partial charge on any atom is 0.255 e. The summed E-state index contributed by atoms with van der Waals surface area (Å²) in [5.41, 5.74) is 4.41. The maximum atomic E-state index is 12.9. The molecule has 1 amide bonds. The molecular weight excluding hydrogens is 298 g/mol. The number of piperidine rings is 1. The molecule has 2 aromatic rings. The van der Waals surface area contributed by atoms with Crippen LogP contribution in [0.25, 0.3) is 0 Å². The summed E-state index contributed by atoms with van der Waals surface area (Å²) in [4.78, 5) is 21.5. The van der Waals surface area contributed by atoms with Crippen molar-refractivity contribution in [1.29, 1.82) is 0 Å². The Morgan fingerprint density at radius 1 is 0.958 bits per heavy atom. The average Bonchev–Trinajstić information content (AvgIpc) is 2.68. The van der Waals surface area contributed by atoms with Crippen LogP contribution in [0.15, 0.2) is 42.7 Å². The van der Waals surface area contributed by atoms with Crippen LogP contribution < -0.4 is 4.90 Å². The van der Waals surface area contributed by atoms with E-state index in [9.17, 15) is 4.79 Å². The van der Waals surface area contributed by atoms with Gasteiger partial charge in [-0.05, 0) is 42.9 Å². The van der Waals surface area contributed by atoms with E-state index in [4.69, 9.17) is 0 Å². The van der Waals surface area contributed by atoms with E-state index in [0.29, 0.717) is 12.1 Å². The number of hydrogen-bond acceptors (Lipinski definition) is 3. The number of carbonyl (C=O) groups is 1. The van der Waals surface area contributed by atoms with E-state index in [1.165, 1.54) is 30.4 Å². The Labute approximate surface area is 143 Å². The van der Waals surface area contributed by atoms with Crippen LogP contribution in [0.5, 0.6) is 0 Å². The van der Waals surface area contributed by atoms with Crippen LogP contribution in [0.2, 0.25) is 0 Å². The predicted octanol–water partition coefficient (Wildman–Crippen LogP) is 3.27. The molecule has 4 nitrogen and oxygen atoms in total. The maximum absolute atomic E-state index is 12.9. The third kappa shape index (κ3) is 3.01. The minimum absolute atomic E-state index is 0.0934. The Morgan fingerprint density at radius 2 is 1.75 bits per heavy atom. The van der Waals surface area contributed by atoms with Gasteiger partial charge in [-0.25, -0.2) is 0 Å². The number of anilines is 1. The smallest absolute Gasteiger partial charge is 0.255 e. The van der Waals surface area contributed by atoms with E-state index < -0.39 is 0 Å². The molecular formula is C20H23N3O. The zero-order chi connectivity index (χ0) is 16.4. The Hall–Kier alpha value is -2.36. The SMILES string of the molecule is O=C(c1cncc(N2CCCCC2)c1)N1CCc2ccccc2C1. The second kappa shape index (κ2) is 6.63. The number of hydrogen-bond donors (Lipinski definition) is 0.